The minimum absolute atomic E-state index is 0.476. The summed E-state index contributed by atoms with van der Waals surface area (Å²) in [5, 5.41) is 3.21. The van der Waals surface area contributed by atoms with Crippen LogP contribution in [0.15, 0.2) is 24.7 Å². The highest BCUT2D eigenvalue weighted by molar-refractivity contribution is 5.53. The van der Waals surface area contributed by atoms with Crippen molar-refractivity contribution in [2.24, 2.45) is 0 Å². The van der Waals surface area contributed by atoms with Crippen LogP contribution in [0.2, 0.25) is 0 Å². The topological polar surface area (TPSA) is 88.8 Å². The van der Waals surface area contributed by atoms with Gasteiger partial charge in [-0.3, -0.25) is 0 Å². The van der Waals surface area contributed by atoms with Crippen LogP contribution in [0.25, 0.3) is 0 Å². The van der Waals surface area contributed by atoms with Gasteiger partial charge in [0.05, 0.1) is 18.6 Å². The van der Waals surface area contributed by atoms with Gasteiger partial charge in [-0.05, 0) is 19.1 Å². The molecule has 0 aliphatic carbocycles. The molecule has 2 rings (SSSR count). The molecular formula is C12H17N5O. The molecule has 0 fully saturated rings. The number of nitrogens with one attached hydrogen (secondary N) is 2. The van der Waals surface area contributed by atoms with E-state index in [0.29, 0.717) is 18.2 Å². The smallest absolute Gasteiger partial charge is 0.239 e. The number of pyridine rings is 1. The summed E-state index contributed by atoms with van der Waals surface area (Å²) in [6.07, 6.45) is 4.34. The van der Waals surface area contributed by atoms with Gasteiger partial charge in [-0.1, -0.05) is 0 Å². The molecule has 6 nitrogen and oxygen atoms in total. The van der Waals surface area contributed by atoms with Crippen molar-refractivity contribution in [3.8, 4) is 5.88 Å². The van der Waals surface area contributed by atoms with Crippen molar-refractivity contribution in [2.75, 3.05) is 24.2 Å². The van der Waals surface area contributed by atoms with Crippen molar-refractivity contribution in [2.45, 2.75) is 13.3 Å². The summed E-state index contributed by atoms with van der Waals surface area (Å²) in [5.74, 6) is 1.23. The molecule has 2 heterocycles. The van der Waals surface area contributed by atoms with Gasteiger partial charge in [0, 0.05) is 24.9 Å². The fourth-order valence-electron chi connectivity index (χ4n) is 1.55. The molecule has 96 valence electrons. The number of nitrogen functional groups attached to an aromatic ring is 1. The van der Waals surface area contributed by atoms with Crippen molar-refractivity contribution in [1.82, 2.24) is 15.0 Å². The zero-order chi connectivity index (χ0) is 12.8. The van der Waals surface area contributed by atoms with E-state index in [1.54, 1.807) is 12.4 Å². The molecule has 0 unspecified atom stereocenters. The molecule has 2 aromatic heterocycles. The van der Waals surface area contributed by atoms with Crippen LogP contribution in [0.5, 0.6) is 5.88 Å². The number of rotatable bonds is 6. The number of imidazole rings is 1. The lowest BCUT2D eigenvalue weighted by molar-refractivity contribution is 0.329. The second-order valence-electron chi connectivity index (χ2n) is 3.78. The van der Waals surface area contributed by atoms with Crippen LogP contribution in [0.3, 0.4) is 0 Å². The zero-order valence-corrected chi connectivity index (χ0v) is 10.3. The Morgan fingerprint density at radius 1 is 1.44 bits per heavy atom. The average Bonchev–Trinajstić information content (AvgIpc) is 2.87. The van der Waals surface area contributed by atoms with Crippen LogP contribution in [0.1, 0.15) is 12.6 Å². The molecule has 18 heavy (non-hydrogen) atoms. The van der Waals surface area contributed by atoms with Crippen LogP contribution in [-0.2, 0) is 6.42 Å². The molecule has 0 bridgehead atoms. The number of nitrogens with zero attached hydrogens (tertiary/aromatic N) is 2. The van der Waals surface area contributed by atoms with Crippen LogP contribution in [-0.4, -0.2) is 28.1 Å². The van der Waals surface area contributed by atoms with Gasteiger partial charge in [0.1, 0.15) is 5.82 Å². The maximum Gasteiger partial charge on any atom is 0.239 e. The first-order chi connectivity index (χ1) is 8.79. The summed E-state index contributed by atoms with van der Waals surface area (Å²) >= 11 is 0. The molecule has 0 saturated carbocycles. The highest BCUT2D eigenvalue weighted by Crippen LogP contribution is 2.20. The SMILES string of the molecule is CCOc1nc(NCCc2cnc[nH]2)ccc1N. The molecular weight excluding hydrogens is 230 g/mol. The fraction of sp³-hybridized carbons (Fsp3) is 0.333. The van der Waals surface area contributed by atoms with Gasteiger partial charge in [-0.25, -0.2) is 4.98 Å². The number of nitrogens with two attached hydrogens (primary N) is 1. The summed E-state index contributed by atoms with van der Waals surface area (Å²) in [5.41, 5.74) is 7.39. The van der Waals surface area contributed by atoms with E-state index < -0.39 is 0 Å². The third-order valence-electron chi connectivity index (χ3n) is 2.43. The zero-order valence-electron chi connectivity index (χ0n) is 10.3. The van der Waals surface area contributed by atoms with Gasteiger partial charge >= 0.3 is 0 Å². The number of H-pyrrole nitrogens is 1. The molecule has 2 aromatic rings. The van der Waals surface area contributed by atoms with E-state index in [9.17, 15) is 0 Å². The van der Waals surface area contributed by atoms with E-state index in [2.05, 4.69) is 20.3 Å². The number of hydrogen-bond acceptors (Lipinski definition) is 5. The summed E-state index contributed by atoms with van der Waals surface area (Å²) in [6.45, 7) is 3.22. The van der Waals surface area contributed by atoms with Crippen LogP contribution < -0.4 is 15.8 Å². The summed E-state index contributed by atoms with van der Waals surface area (Å²) < 4.78 is 5.34. The number of anilines is 2. The summed E-state index contributed by atoms with van der Waals surface area (Å²) in [7, 11) is 0. The van der Waals surface area contributed by atoms with E-state index in [4.69, 9.17) is 10.5 Å². The van der Waals surface area contributed by atoms with Gasteiger partial charge < -0.3 is 20.8 Å². The molecule has 0 saturated heterocycles. The predicted molar refractivity (Wildman–Crippen MR) is 70.6 cm³/mol. The molecule has 0 aliphatic rings. The van der Waals surface area contributed by atoms with Gasteiger partial charge in [-0.2, -0.15) is 4.98 Å². The first-order valence-electron chi connectivity index (χ1n) is 5.90. The Hall–Kier alpha value is -2.24. The highest BCUT2D eigenvalue weighted by atomic mass is 16.5. The van der Waals surface area contributed by atoms with E-state index in [1.807, 2.05) is 19.2 Å². The van der Waals surface area contributed by atoms with Crippen LogP contribution in [0, 0.1) is 0 Å². The van der Waals surface area contributed by atoms with Gasteiger partial charge in [0.25, 0.3) is 0 Å². The Labute approximate surface area is 106 Å². The van der Waals surface area contributed by atoms with Gasteiger partial charge in [0.15, 0.2) is 0 Å². The van der Waals surface area contributed by atoms with Gasteiger partial charge in [-0.15, -0.1) is 0 Å². The van der Waals surface area contributed by atoms with Crippen molar-refractivity contribution >= 4 is 11.5 Å². The Morgan fingerprint density at radius 2 is 2.33 bits per heavy atom. The lowest BCUT2D eigenvalue weighted by Gasteiger charge is -2.09. The molecule has 0 spiro atoms. The highest BCUT2D eigenvalue weighted by Gasteiger charge is 2.03. The number of ether oxygens (including phenoxy) is 1. The minimum Gasteiger partial charge on any atom is -0.476 e. The van der Waals surface area contributed by atoms with Crippen molar-refractivity contribution < 1.29 is 4.74 Å². The fourth-order valence-corrected chi connectivity index (χ4v) is 1.55. The Morgan fingerprint density at radius 3 is 3.06 bits per heavy atom. The molecule has 0 radical (unpaired) electrons. The Balaban J connectivity index is 1.90. The summed E-state index contributed by atoms with van der Waals surface area (Å²) in [4.78, 5) is 11.3. The van der Waals surface area contributed by atoms with Crippen molar-refractivity contribution in [3.63, 3.8) is 0 Å². The van der Waals surface area contributed by atoms with Crippen molar-refractivity contribution in [1.29, 1.82) is 0 Å². The van der Waals surface area contributed by atoms with Crippen molar-refractivity contribution in [3.05, 3.63) is 30.4 Å². The first-order valence-corrected chi connectivity index (χ1v) is 5.90. The largest absolute Gasteiger partial charge is 0.476 e. The number of aromatic amines is 1. The third kappa shape index (κ3) is 3.13. The van der Waals surface area contributed by atoms with Gasteiger partial charge in [0.2, 0.25) is 5.88 Å². The Kier molecular flexibility index (Phi) is 4.01. The van der Waals surface area contributed by atoms with E-state index in [-0.39, 0.29) is 0 Å². The maximum atomic E-state index is 5.75. The lowest BCUT2D eigenvalue weighted by Crippen LogP contribution is -2.08. The molecule has 0 atom stereocenters. The predicted octanol–water partition coefficient (Wildman–Crippen LogP) is 1.44. The van der Waals surface area contributed by atoms with Crippen LogP contribution >= 0.6 is 0 Å². The molecule has 0 aliphatic heterocycles. The molecule has 0 amide bonds. The van der Waals surface area contributed by atoms with Crippen LogP contribution in [0.4, 0.5) is 11.5 Å². The summed E-state index contributed by atoms with van der Waals surface area (Å²) in [6, 6.07) is 3.63. The number of hydrogen-bond donors (Lipinski definition) is 3. The first kappa shape index (κ1) is 12.2. The van der Waals surface area contributed by atoms with E-state index >= 15 is 0 Å². The Bertz CT molecular complexity index is 483. The standard InChI is InChI=1S/C12H17N5O/c1-2-18-12-10(13)3-4-11(17-12)15-6-5-9-7-14-8-16-9/h3-4,7-8H,2,5-6,13H2,1H3,(H,14,16)(H,15,17). The second-order valence-corrected chi connectivity index (χ2v) is 3.78. The lowest BCUT2D eigenvalue weighted by atomic mass is 10.3. The maximum absolute atomic E-state index is 5.75. The minimum atomic E-state index is 0.476. The monoisotopic (exact) mass is 247 g/mol. The second kappa shape index (κ2) is 5.90. The quantitative estimate of drug-likeness (QED) is 0.718. The normalized spacial score (nSPS) is 10.3. The average molecular weight is 247 g/mol. The molecule has 6 heteroatoms. The van der Waals surface area contributed by atoms with E-state index in [0.717, 1.165) is 24.5 Å². The number of aromatic nitrogens is 3. The van der Waals surface area contributed by atoms with E-state index in [1.165, 1.54) is 0 Å². The molecule has 0 aromatic carbocycles. The third-order valence-corrected chi connectivity index (χ3v) is 2.43. The molecule has 4 N–H and O–H groups in total.